The van der Waals surface area contributed by atoms with Gasteiger partial charge in [0, 0.05) is 23.3 Å². The van der Waals surface area contributed by atoms with Crippen molar-refractivity contribution in [2.24, 2.45) is 7.05 Å². The Labute approximate surface area is 114 Å². The quantitative estimate of drug-likeness (QED) is 0.944. The molecule has 0 fully saturated rings. The number of nitrogens with zero attached hydrogens (tertiary/aromatic N) is 2. The molecular formula is C13H15BrN2O2. The second-order valence-electron chi connectivity index (χ2n) is 4.14. The third kappa shape index (κ3) is 2.91. The molecule has 0 atom stereocenters. The lowest BCUT2D eigenvalue weighted by Crippen LogP contribution is -2.02. The van der Waals surface area contributed by atoms with Gasteiger partial charge < -0.3 is 9.84 Å². The van der Waals surface area contributed by atoms with Crippen molar-refractivity contribution in [2.45, 2.75) is 20.1 Å². The lowest BCUT2D eigenvalue weighted by molar-refractivity contribution is 0.256. The van der Waals surface area contributed by atoms with Gasteiger partial charge in [-0.05, 0) is 30.7 Å². The van der Waals surface area contributed by atoms with E-state index in [1.807, 2.05) is 38.4 Å². The highest BCUT2D eigenvalue weighted by atomic mass is 79.9. The minimum atomic E-state index is -0.0438. The fourth-order valence-corrected chi connectivity index (χ4v) is 2.43. The molecule has 0 aliphatic rings. The summed E-state index contributed by atoms with van der Waals surface area (Å²) in [6.07, 6.45) is 1.88. The minimum absolute atomic E-state index is 0.0438. The van der Waals surface area contributed by atoms with Gasteiger partial charge >= 0.3 is 0 Å². The third-order valence-electron chi connectivity index (χ3n) is 2.62. The van der Waals surface area contributed by atoms with Crippen molar-refractivity contribution in [1.29, 1.82) is 0 Å². The molecule has 4 nitrogen and oxygen atoms in total. The molecule has 1 aromatic carbocycles. The number of hydrogen-bond acceptors (Lipinski definition) is 3. The first-order valence-electron chi connectivity index (χ1n) is 5.61. The van der Waals surface area contributed by atoms with Crippen LogP contribution in [0.2, 0.25) is 0 Å². The Hall–Kier alpha value is -1.33. The van der Waals surface area contributed by atoms with Gasteiger partial charge in [-0.3, -0.25) is 4.68 Å². The summed E-state index contributed by atoms with van der Waals surface area (Å²) < 4.78 is 8.43. The van der Waals surface area contributed by atoms with Crippen molar-refractivity contribution in [3.63, 3.8) is 0 Å². The molecule has 0 saturated heterocycles. The van der Waals surface area contributed by atoms with Gasteiger partial charge in [-0.1, -0.05) is 15.9 Å². The van der Waals surface area contributed by atoms with Gasteiger partial charge in [0.25, 0.3) is 0 Å². The van der Waals surface area contributed by atoms with E-state index in [-0.39, 0.29) is 6.61 Å². The largest absolute Gasteiger partial charge is 0.487 e. The number of hydrogen-bond donors (Lipinski definition) is 1. The number of ether oxygens (including phenoxy) is 1. The van der Waals surface area contributed by atoms with Crippen molar-refractivity contribution in [1.82, 2.24) is 9.78 Å². The van der Waals surface area contributed by atoms with Crippen LogP contribution >= 0.6 is 15.9 Å². The molecule has 2 aromatic rings. The number of benzene rings is 1. The van der Waals surface area contributed by atoms with E-state index in [0.29, 0.717) is 6.61 Å². The van der Waals surface area contributed by atoms with Crippen molar-refractivity contribution < 1.29 is 9.84 Å². The van der Waals surface area contributed by atoms with Gasteiger partial charge in [-0.25, -0.2) is 0 Å². The Kier molecular flexibility index (Phi) is 4.04. The molecule has 96 valence electrons. The van der Waals surface area contributed by atoms with E-state index in [2.05, 4.69) is 21.0 Å². The highest BCUT2D eigenvalue weighted by Crippen LogP contribution is 2.28. The van der Waals surface area contributed by atoms with Crippen molar-refractivity contribution in [3.8, 4) is 5.75 Å². The second-order valence-corrected chi connectivity index (χ2v) is 5.05. The van der Waals surface area contributed by atoms with Crippen LogP contribution in [0.1, 0.15) is 16.8 Å². The molecule has 18 heavy (non-hydrogen) atoms. The zero-order chi connectivity index (χ0) is 13.1. The van der Waals surface area contributed by atoms with Gasteiger partial charge in [0.15, 0.2) is 0 Å². The number of aromatic nitrogens is 2. The number of rotatable bonds is 4. The van der Waals surface area contributed by atoms with Crippen LogP contribution in [0.5, 0.6) is 5.75 Å². The van der Waals surface area contributed by atoms with Crippen LogP contribution < -0.4 is 4.74 Å². The Morgan fingerprint density at radius 2 is 2.22 bits per heavy atom. The lowest BCUT2D eigenvalue weighted by atomic mass is 10.1. The second kappa shape index (κ2) is 5.54. The monoisotopic (exact) mass is 310 g/mol. The molecule has 1 N–H and O–H groups in total. The van der Waals surface area contributed by atoms with Crippen LogP contribution in [0.3, 0.4) is 0 Å². The van der Waals surface area contributed by atoms with Crippen molar-refractivity contribution >= 4 is 15.9 Å². The van der Waals surface area contributed by atoms with Gasteiger partial charge in [-0.2, -0.15) is 5.10 Å². The highest BCUT2D eigenvalue weighted by Gasteiger charge is 2.09. The summed E-state index contributed by atoms with van der Waals surface area (Å²) in [5, 5.41) is 13.6. The predicted octanol–water partition coefficient (Wildman–Crippen LogP) is 2.56. The molecule has 0 amide bonds. The number of aryl methyl sites for hydroxylation is 2. The molecular weight excluding hydrogens is 296 g/mol. The number of aliphatic hydroxyl groups excluding tert-OH is 1. The van der Waals surface area contributed by atoms with Crippen molar-refractivity contribution in [2.75, 3.05) is 0 Å². The van der Waals surface area contributed by atoms with Crippen LogP contribution in [0.4, 0.5) is 0 Å². The maximum atomic E-state index is 9.35. The highest BCUT2D eigenvalue weighted by molar-refractivity contribution is 9.10. The first kappa shape index (κ1) is 13.1. The van der Waals surface area contributed by atoms with E-state index >= 15 is 0 Å². The van der Waals surface area contributed by atoms with Crippen LogP contribution in [-0.4, -0.2) is 14.9 Å². The molecule has 0 aliphatic heterocycles. The Morgan fingerprint density at radius 1 is 1.44 bits per heavy atom. The van der Waals surface area contributed by atoms with E-state index in [9.17, 15) is 5.11 Å². The predicted molar refractivity (Wildman–Crippen MR) is 72.3 cm³/mol. The Balaban J connectivity index is 2.18. The Bertz CT molecular complexity index is 552. The van der Waals surface area contributed by atoms with E-state index in [1.54, 1.807) is 4.68 Å². The van der Waals surface area contributed by atoms with Gasteiger partial charge in [0.2, 0.25) is 0 Å². The number of aliphatic hydroxyl groups is 1. The molecule has 0 saturated carbocycles. The fraction of sp³-hybridized carbons (Fsp3) is 0.308. The normalized spacial score (nSPS) is 10.7. The molecule has 1 heterocycles. The summed E-state index contributed by atoms with van der Waals surface area (Å²) in [4.78, 5) is 0. The molecule has 0 aliphatic carbocycles. The van der Waals surface area contributed by atoms with E-state index in [4.69, 9.17) is 4.74 Å². The van der Waals surface area contributed by atoms with Crippen LogP contribution in [0, 0.1) is 6.92 Å². The van der Waals surface area contributed by atoms with Crippen LogP contribution in [0.15, 0.2) is 28.9 Å². The topological polar surface area (TPSA) is 47.3 Å². The average molecular weight is 311 g/mol. The summed E-state index contributed by atoms with van der Waals surface area (Å²) in [6.45, 7) is 2.31. The molecule has 0 bridgehead atoms. The maximum absolute atomic E-state index is 9.35. The molecule has 1 aromatic heterocycles. The first-order valence-corrected chi connectivity index (χ1v) is 6.40. The standard InChI is InChI=1S/C13H15BrN2O2/c1-9-5-11(14)6-10(7-17)13(9)18-8-12-3-4-16(2)15-12/h3-6,17H,7-8H2,1-2H3. The van der Waals surface area contributed by atoms with Gasteiger partial charge in [-0.15, -0.1) is 0 Å². The molecule has 0 unspecified atom stereocenters. The summed E-state index contributed by atoms with van der Waals surface area (Å²) in [5.41, 5.74) is 2.63. The first-order chi connectivity index (χ1) is 8.60. The summed E-state index contributed by atoms with van der Waals surface area (Å²) in [6, 6.07) is 5.74. The molecule has 5 heteroatoms. The maximum Gasteiger partial charge on any atom is 0.132 e. The zero-order valence-corrected chi connectivity index (χ0v) is 11.9. The fourth-order valence-electron chi connectivity index (χ4n) is 1.81. The minimum Gasteiger partial charge on any atom is -0.487 e. The van der Waals surface area contributed by atoms with E-state index in [1.165, 1.54) is 0 Å². The summed E-state index contributed by atoms with van der Waals surface area (Å²) in [7, 11) is 1.87. The summed E-state index contributed by atoms with van der Waals surface area (Å²) >= 11 is 3.40. The average Bonchev–Trinajstić information content (AvgIpc) is 2.73. The zero-order valence-electron chi connectivity index (χ0n) is 10.4. The summed E-state index contributed by atoms with van der Waals surface area (Å²) in [5.74, 6) is 0.728. The van der Waals surface area contributed by atoms with E-state index < -0.39 is 0 Å². The van der Waals surface area contributed by atoms with Crippen LogP contribution in [-0.2, 0) is 20.3 Å². The third-order valence-corrected chi connectivity index (χ3v) is 3.08. The SMILES string of the molecule is Cc1cc(Br)cc(CO)c1OCc1ccn(C)n1. The van der Waals surface area contributed by atoms with Gasteiger partial charge in [0.05, 0.1) is 12.3 Å². The lowest BCUT2D eigenvalue weighted by Gasteiger charge is -2.12. The number of halogens is 1. The molecule has 0 radical (unpaired) electrons. The Morgan fingerprint density at radius 3 is 2.83 bits per heavy atom. The molecule has 0 spiro atoms. The van der Waals surface area contributed by atoms with Gasteiger partial charge in [0.1, 0.15) is 12.4 Å². The molecule has 2 rings (SSSR count). The van der Waals surface area contributed by atoms with Crippen LogP contribution in [0.25, 0.3) is 0 Å². The van der Waals surface area contributed by atoms with Crippen molar-refractivity contribution in [3.05, 3.63) is 45.7 Å². The smallest absolute Gasteiger partial charge is 0.132 e. The van der Waals surface area contributed by atoms with E-state index in [0.717, 1.165) is 27.0 Å².